The summed E-state index contributed by atoms with van der Waals surface area (Å²) in [5, 5.41) is 0. The predicted octanol–water partition coefficient (Wildman–Crippen LogP) is 2.07. The van der Waals surface area contributed by atoms with Crippen LogP contribution in [-0.2, 0) is 9.63 Å². The van der Waals surface area contributed by atoms with Crippen LogP contribution < -0.4 is 5.48 Å². The van der Waals surface area contributed by atoms with Crippen LogP contribution in [0.4, 0.5) is 0 Å². The van der Waals surface area contributed by atoms with Crippen LogP contribution in [0.3, 0.4) is 0 Å². The molecule has 1 aromatic carbocycles. The van der Waals surface area contributed by atoms with Crippen LogP contribution in [0.1, 0.15) is 11.5 Å². The molecule has 1 atom stereocenters. The number of rotatable bonds is 1. The van der Waals surface area contributed by atoms with E-state index in [0.29, 0.717) is 0 Å². The number of halogens is 1. The molecule has 0 aliphatic carbocycles. The molecule has 1 aromatic rings. The van der Waals surface area contributed by atoms with Crippen molar-refractivity contribution in [2.45, 2.75) is 5.92 Å². The van der Waals surface area contributed by atoms with Gasteiger partial charge in [0.15, 0.2) is 0 Å². The average molecular weight is 254 g/mol. The Bertz CT molecular complexity index is 375. The van der Waals surface area contributed by atoms with Crippen molar-refractivity contribution >= 4 is 21.8 Å². The van der Waals surface area contributed by atoms with E-state index in [9.17, 15) is 4.79 Å². The van der Waals surface area contributed by atoms with Gasteiger partial charge in [0, 0.05) is 4.48 Å². The summed E-state index contributed by atoms with van der Waals surface area (Å²) in [5.41, 5.74) is 3.26. The first-order chi connectivity index (χ1) is 6.79. The summed E-state index contributed by atoms with van der Waals surface area (Å²) >= 11 is 3.31. The van der Waals surface area contributed by atoms with E-state index in [2.05, 4.69) is 21.4 Å². The summed E-state index contributed by atoms with van der Waals surface area (Å²) in [6.45, 7) is 0. The molecule has 0 spiro atoms. The minimum absolute atomic E-state index is 0.162. The number of nitrogens with one attached hydrogen (secondary N) is 1. The quantitative estimate of drug-likeness (QED) is 0.833. The molecule has 1 amide bonds. The van der Waals surface area contributed by atoms with E-state index in [1.807, 2.05) is 30.3 Å². The first-order valence-corrected chi connectivity index (χ1v) is 4.94. The fourth-order valence-corrected chi connectivity index (χ4v) is 1.92. The van der Waals surface area contributed by atoms with Crippen LogP contribution in [-0.4, -0.2) is 5.91 Å². The largest absolute Gasteiger partial charge is 0.386 e. The van der Waals surface area contributed by atoms with Gasteiger partial charge in [-0.1, -0.05) is 46.3 Å². The van der Waals surface area contributed by atoms with E-state index < -0.39 is 0 Å². The summed E-state index contributed by atoms with van der Waals surface area (Å²) in [5.74, 6) is -0.462. The molecule has 0 fully saturated rings. The van der Waals surface area contributed by atoms with Crippen LogP contribution in [0.2, 0.25) is 0 Å². The van der Waals surface area contributed by atoms with E-state index in [0.717, 1.165) is 10.0 Å². The van der Waals surface area contributed by atoms with Crippen LogP contribution in [0, 0.1) is 0 Å². The average Bonchev–Trinajstić information content (AvgIpc) is 2.19. The van der Waals surface area contributed by atoms with Gasteiger partial charge in [0.25, 0.3) is 5.91 Å². The Morgan fingerprint density at radius 1 is 1.29 bits per heavy atom. The molecule has 0 saturated carbocycles. The lowest BCUT2D eigenvalue weighted by molar-refractivity contribution is -0.131. The first kappa shape index (κ1) is 9.27. The Hall–Kier alpha value is -1.29. The Kier molecular flexibility index (Phi) is 2.54. The lowest BCUT2D eigenvalue weighted by atomic mass is 9.98. The highest BCUT2D eigenvalue weighted by Gasteiger charge is 2.27. The maximum atomic E-state index is 11.5. The summed E-state index contributed by atoms with van der Waals surface area (Å²) in [7, 11) is 0. The van der Waals surface area contributed by atoms with Crippen molar-refractivity contribution in [3.63, 3.8) is 0 Å². The fraction of sp³-hybridized carbons (Fsp3) is 0.100. The topological polar surface area (TPSA) is 38.3 Å². The summed E-state index contributed by atoms with van der Waals surface area (Å²) in [4.78, 5) is 16.2. The standard InChI is InChI=1S/C10H8BrNO2/c11-8-6-14-12-10(13)9(8)7-4-2-1-3-5-7/h1-6,9H,(H,12,13). The van der Waals surface area contributed by atoms with Crippen molar-refractivity contribution in [3.8, 4) is 0 Å². The highest BCUT2D eigenvalue weighted by atomic mass is 79.9. The smallest absolute Gasteiger partial charge is 0.265 e. The Balaban J connectivity index is 2.37. The van der Waals surface area contributed by atoms with Crippen molar-refractivity contribution in [2.75, 3.05) is 0 Å². The second kappa shape index (κ2) is 3.84. The lowest BCUT2D eigenvalue weighted by Crippen LogP contribution is -2.31. The number of hydroxylamine groups is 1. The van der Waals surface area contributed by atoms with Crippen LogP contribution in [0.5, 0.6) is 0 Å². The molecule has 0 bridgehead atoms. The number of amides is 1. The first-order valence-electron chi connectivity index (χ1n) is 4.15. The SMILES string of the molecule is O=C1NOC=C(Br)C1c1ccccc1. The minimum Gasteiger partial charge on any atom is -0.386 e. The zero-order valence-electron chi connectivity index (χ0n) is 7.24. The molecule has 1 aliphatic heterocycles. The van der Waals surface area contributed by atoms with Gasteiger partial charge in [-0.3, -0.25) is 4.79 Å². The normalized spacial score (nSPS) is 20.8. The van der Waals surface area contributed by atoms with Gasteiger partial charge in [-0.25, -0.2) is 0 Å². The molecule has 4 heteroatoms. The zero-order chi connectivity index (χ0) is 9.97. The molecular formula is C10H8BrNO2. The van der Waals surface area contributed by atoms with Gasteiger partial charge in [-0.15, -0.1) is 0 Å². The Labute approximate surface area is 89.8 Å². The van der Waals surface area contributed by atoms with Gasteiger partial charge in [0.2, 0.25) is 0 Å². The summed E-state index contributed by atoms with van der Waals surface area (Å²) < 4.78 is 0.729. The van der Waals surface area contributed by atoms with Crippen LogP contribution in [0.25, 0.3) is 0 Å². The molecule has 0 radical (unpaired) electrons. The van der Waals surface area contributed by atoms with Gasteiger partial charge in [-0.2, -0.15) is 5.48 Å². The van der Waals surface area contributed by atoms with E-state index in [4.69, 9.17) is 4.84 Å². The Morgan fingerprint density at radius 2 is 2.00 bits per heavy atom. The third-order valence-corrected chi connectivity index (χ3v) is 2.65. The Morgan fingerprint density at radius 3 is 2.64 bits per heavy atom. The van der Waals surface area contributed by atoms with E-state index in [-0.39, 0.29) is 11.8 Å². The van der Waals surface area contributed by atoms with Gasteiger partial charge in [0.1, 0.15) is 12.2 Å². The molecule has 0 saturated heterocycles. The van der Waals surface area contributed by atoms with E-state index in [1.54, 1.807) is 0 Å². The molecule has 3 nitrogen and oxygen atoms in total. The number of hydrogen-bond acceptors (Lipinski definition) is 2. The van der Waals surface area contributed by atoms with Crippen LogP contribution >= 0.6 is 15.9 Å². The zero-order valence-corrected chi connectivity index (χ0v) is 8.82. The molecule has 2 rings (SSSR count). The molecule has 1 aliphatic rings. The van der Waals surface area contributed by atoms with Crippen molar-refractivity contribution in [1.82, 2.24) is 5.48 Å². The monoisotopic (exact) mass is 253 g/mol. The van der Waals surface area contributed by atoms with E-state index in [1.165, 1.54) is 6.26 Å². The molecular weight excluding hydrogens is 246 g/mol. The van der Waals surface area contributed by atoms with Crippen molar-refractivity contribution in [1.29, 1.82) is 0 Å². The predicted molar refractivity (Wildman–Crippen MR) is 55.4 cm³/mol. The molecule has 1 heterocycles. The molecule has 1 N–H and O–H groups in total. The van der Waals surface area contributed by atoms with Crippen molar-refractivity contribution in [2.24, 2.45) is 0 Å². The maximum absolute atomic E-state index is 11.5. The maximum Gasteiger partial charge on any atom is 0.265 e. The number of benzene rings is 1. The van der Waals surface area contributed by atoms with Gasteiger partial charge < -0.3 is 4.84 Å². The molecule has 0 aromatic heterocycles. The third kappa shape index (κ3) is 1.65. The second-order valence-corrected chi connectivity index (χ2v) is 3.85. The van der Waals surface area contributed by atoms with Crippen LogP contribution in [0.15, 0.2) is 41.1 Å². The highest BCUT2D eigenvalue weighted by molar-refractivity contribution is 9.11. The van der Waals surface area contributed by atoms with Gasteiger partial charge >= 0.3 is 0 Å². The molecule has 14 heavy (non-hydrogen) atoms. The molecule has 1 unspecified atom stereocenters. The summed E-state index contributed by atoms with van der Waals surface area (Å²) in [6, 6.07) is 9.53. The number of hydrogen-bond donors (Lipinski definition) is 1. The summed E-state index contributed by atoms with van der Waals surface area (Å²) in [6.07, 6.45) is 1.49. The lowest BCUT2D eigenvalue weighted by Gasteiger charge is -2.20. The number of carbonyl (C=O) groups is 1. The van der Waals surface area contributed by atoms with Gasteiger partial charge in [0.05, 0.1) is 0 Å². The third-order valence-electron chi connectivity index (χ3n) is 2.00. The fourth-order valence-electron chi connectivity index (χ4n) is 1.35. The van der Waals surface area contributed by atoms with E-state index >= 15 is 0 Å². The van der Waals surface area contributed by atoms with Crippen molar-refractivity contribution in [3.05, 3.63) is 46.6 Å². The molecule has 72 valence electrons. The second-order valence-electron chi connectivity index (χ2n) is 2.93. The number of carbonyl (C=O) groups excluding carboxylic acids is 1. The minimum atomic E-state index is -0.301. The highest BCUT2D eigenvalue weighted by Crippen LogP contribution is 2.30. The van der Waals surface area contributed by atoms with Gasteiger partial charge in [-0.05, 0) is 5.56 Å². The van der Waals surface area contributed by atoms with Crippen molar-refractivity contribution < 1.29 is 9.63 Å².